The van der Waals surface area contributed by atoms with Gasteiger partial charge in [0.1, 0.15) is 5.82 Å². The van der Waals surface area contributed by atoms with Gasteiger partial charge in [-0.2, -0.15) is 0 Å². The van der Waals surface area contributed by atoms with Crippen LogP contribution in [0.25, 0.3) is 0 Å². The van der Waals surface area contributed by atoms with Gasteiger partial charge in [-0.15, -0.1) is 0 Å². The molecule has 4 heteroatoms. The lowest BCUT2D eigenvalue weighted by molar-refractivity contribution is 0.414. The number of nitrogens with one attached hydrogen (secondary N) is 1. The lowest BCUT2D eigenvalue weighted by Crippen LogP contribution is -2.24. The Morgan fingerprint density at radius 3 is 2.81 bits per heavy atom. The van der Waals surface area contributed by atoms with E-state index in [4.69, 9.17) is 5.73 Å². The van der Waals surface area contributed by atoms with E-state index in [2.05, 4.69) is 15.3 Å². The topological polar surface area (TPSA) is 63.8 Å². The minimum Gasteiger partial charge on any atom is -0.368 e. The molecule has 3 N–H and O–H groups in total. The van der Waals surface area contributed by atoms with Crippen LogP contribution in [0.1, 0.15) is 25.0 Å². The van der Waals surface area contributed by atoms with Crippen molar-refractivity contribution in [2.24, 2.45) is 17.6 Å². The Hall–Kier alpha value is -1.16. The molecule has 1 heterocycles. The molecule has 0 spiro atoms. The molecule has 0 aromatic carbocycles. The molecule has 2 atom stereocenters. The van der Waals surface area contributed by atoms with E-state index in [-0.39, 0.29) is 0 Å². The smallest absolute Gasteiger partial charge is 0.147 e. The van der Waals surface area contributed by atoms with Gasteiger partial charge in [0.05, 0.1) is 5.69 Å². The normalized spacial score (nSPS) is 24.6. The number of aromatic nitrogens is 2. The molecular weight excluding hydrogens is 200 g/mol. The molecular formula is C12H20N4. The third-order valence-corrected chi connectivity index (χ3v) is 3.53. The van der Waals surface area contributed by atoms with Gasteiger partial charge in [-0.25, -0.2) is 4.98 Å². The lowest BCUT2D eigenvalue weighted by atomic mass is 9.96. The molecule has 16 heavy (non-hydrogen) atoms. The van der Waals surface area contributed by atoms with Crippen LogP contribution in [0.2, 0.25) is 0 Å². The molecule has 2 unspecified atom stereocenters. The molecule has 88 valence electrons. The highest BCUT2D eigenvalue weighted by atomic mass is 15.0. The second-order valence-corrected chi connectivity index (χ2v) is 4.56. The van der Waals surface area contributed by atoms with Gasteiger partial charge in [-0.3, -0.25) is 4.98 Å². The molecule has 0 aliphatic heterocycles. The highest BCUT2D eigenvalue weighted by Gasteiger charge is 2.25. The quantitative estimate of drug-likeness (QED) is 0.808. The first-order valence-electron chi connectivity index (χ1n) is 6.03. The largest absolute Gasteiger partial charge is 0.368 e. The molecule has 1 aromatic heterocycles. The summed E-state index contributed by atoms with van der Waals surface area (Å²) >= 11 is 0. The van der Waals surface area contributed by atoms with Crippen LogP contribution in [-0.2, 0) is 0 Å². The van der Waals surface area contributed by atoms with Crippen LogP contribution in [0.4, 0.5) is 5.82 Å². The molecule has 1 aromatic rings. The van der Waals surface area contributed by atoms with E-state index >= 15 is 0 Å². The lowest BCUT2D eigenvalue weighted by Gasteiger charge is -2.18. The van der Waals surface area contributed by atoms with E-state index in [1.165, 1.54) is 19.3 Å². The first-order valence-corrected chi connectivity index (χ1v) is 6.03. The number of hydrogen-bond donors (Lipinski definition) is 2. The predicted octanol–water partition coefficient (Wildman–Crippen LogP) is 1.57. The summed E-state index contributed by atoms with van der Waals surface area (Å²) in [4.78, 5) is 8.50. The fourth-order valence-electron chi connectivity index (χ4n) is 2.50. The summed E-state index contributed by atoms with van der Waals surface area (Å²) in [6.45, 7) is 3.76. The van der Waals surface area contributed by atoms with Gasteiger partial charge in [0.2, 0.25) is 0 Å². The number of hydrogen-bond acceptors (Lipinski definition) is 4. The first kappa shape index (κ1) is 11.3. The molecule has 0 amide bonds. The van der Waals surface area contributed by atoms with Crippen LogP contribution in [0, 0.1) is 18.8 Å². The van der Waals surface area contributed by atoms with E-state index in [1.54, 1.807) is 12.4 Å². The maximum atomic E-state index is 5.77. The summed E-state index contributed by atoms with van der Waals surface area (Å²) in [5.74, 6) is 2.29. The van der Waals surface area contributed by atoms with Crippen LogP contribution >= 0.6 is 0 Å². The SMILES string of the molecule is Cc1nccnc1NCC1CCCC1CN. The average Bonchev–Trinajstić information content (AvgIpc) is 2.75. The van der Waals surface area contributed by atoms with Crippen LogP contribution in [0.3, 0.4) is 0 Å². The molecule has 4 nitrogen and oxygen atoms in total. The Kier molecular flexibility index (Phi) is 3.72. The zero-order valence-electron chi connectivity index (χ0n) is 9.82. The van der Waals surface area contributed by atoms with Crippen molar-refractivity contribution in [3.05, 3.63) is 18.1 Å². The van der Waals surface area contributed by atoms with Gasteiger partial charge in [-0.05, 0) is 38.1 Å². The third-order valence-electron chi connectivity index (χ3n) is 3.53. The van der Waals surface area contributed by atoms with Crippen LogP contribution < -0.4 is 11.1 Å². The number of nitrogens with zero attached hydrogens (tertiary/aromatic N) is 2. The molecule has 1 fully saturated rings. The van der Waals surface area contributed by atoms with Crippen molar-refractivity contribution in [2.75, 3.05) is 18.4 Å². The Morgan fingerprint density at radius 2 is 2.06 bits per heavy atom. The van der Waals surface area contributed by atoms with Crippen LogP contribution in [0.5, 0.6) is 0 Å². The zero-order valence-corrected chi connectivity index (χ0v) is 9.82. The molecule has 1 saturated carbocycles. The Labute approximate surface area is 96.7 Å². The minimum atomic E-state index is 0.685. The van der Waals surface area contributed by atoms with E-state index in [0.717, 1.165) is 24.6 Å². The summed E-state index contributed by atoms with van der Waals surface area (Å²) in [5, 5.41) is 3.39. The summed E-state index contributed by atoms with van der Waals surface area (Å²) in [5.41, 5.74) is 6.73. The van der Waals surface area contributed by atoms with Gasteiger partial charge in [-0.1, -0.05) is 6.42 Å². The van der Waals surface area contributed by atoms with Crippen molar-refractivity contribution in [1.29, 1.82) is 0 Å². The Balaban J connectivity index is 1.90. The van der Waals surface area contributed by atoms with E-state index in [1.807, 2.05) is 6.92 Å². The highest BCUT2D eigenvalue weighted by molar-refractivity contribution is 5.38. The maximum Gasteiger partial charge on any atom is 0.147 e. The van der Waals surface area contributed by atoms with E-state index in [9.17, 15) is 0 Å². The van der Waals surface area contributed by atoms with Crippen LogP contribution in [-0.4, -0.2) is 23.1 Å². The van der Waals surface area contributed by atoms with E-state index in [0.29, 0.717) is 11.8 Å². The third kappa shape index (κ3) is 2.50. The van der Waals surface area contributed by atoms with Crippen molar-refractivity contribution in [3.8, 4) is 0 Å². The van der Waals surface area contributed by atoms with Crippen molar-refractivity contribution >= 4 is 5.82 Å². The van der Waals surface area contributed by atoms with Crippen LogP contribution in [0.15, 0.2) is 12.4 Å². The van der Waals surface area contributed by atoms with Crippen molar-refractivity contribution in [3.63, 3.8) is 0 Å². The van der Waals surface area contributed by atoms with Crippen molar-refractivity contribution in [2.45, 2.75) is 26.2 Å². The maximum absolute atomic E-state index is 5.77. The fraction of sp³-hybridized carbons (Fsp3) is 0.667. The standard InChI is InChI=1S/C12H20N4/c1-9-12(15-6-5-14-9)16-8-11-4-2-3-10(11)7-13/h5-6,10-11H,2-4,7-8,13H2,1H3,(H,15,16). The summed E-state index contributed by atoms with van der Waals surface area (Å²) < 4.78 is 0. The highest BCUT2D eigenvalue weighted by Crippen LogP contribution is 2.30. The number of rotatable bonds is 4. The number of aryl methyl sites for hydroxylation is 1. The average molecular weight is 220 g/mol. The van der Waals surface area contributed by atoms with Gasteiger partial charge in [0.25, 0.3) is 0 Å². The second-order valence-electron chi connectivity index (χ2n) is 4.56. The fourth-order valence-corrected chi connectivity index (χ4v) is 2.50. The van der Waals surface area contributed by atoms with Crippen molar-refractivity contribution < 1.29 is 0 Å². The number of nitrogens with two attached hydrogens (primary N) is 1. The van der Waals surface area contributed by atoms with Gasteiger partial charge in [0, 0.05) is 18.9 Å². The summed E-state index contributed by atoms with van der Waals surface area (Å²) in [7, 11) is 0. The monoisotopic (exact) mass is 220 g/mol. The number of anilines is 1. The van der Waals surface area contributed by atoms with Gasteiger partial charge >= 0.3 is 0 Å². The first-order chi connectivity index (χ1) is 7.81. The van der Waals surface area contributed by atoms with Gasteiger partial charge in [0.15, 0.2) is 0 Å². The zero-order chi connectivity index (χ0) is 11.4. The Bertz CT molecular complexity index is 340. The molecule has 0 radical (unpaired) electrons. The van der Waals surface area contributed by atoms with E-state index < -0.39 is 0 Å². The second kappa shape index (κ2) is 5.25. The summed E-state index contributed by atoms with van der Waals surface area (Å²) in [6, 6.07) is 0. The molecule has 1 aliphatic carbocycles. The minimum absolute atomic E-state index is 0.685. The molecule has 0 saturated heterocycles. The molecule has 0 bridgehead atoms. The van der Waals surface area contributed by atoms with Gasteiger partial charge < -0.3 is 11.1 Å². The van der Waals surface area contributed by atoms with Crippen molar-refractivity contribution in [1.82, 2.24) is 9.97 Å². The molecule has 1 aliphatic rings. The molecule has 2 rings (SSSR count). The Morgan fingerprint density at radius 1 is 1.31 bits per heavy atom. The summed E-state index contributed by atoms with van der Waals surface area (Å²) in [6.07, 6.45) is 7.33. The predicted molar refractivity (Wildman–Crippen MR) is 65.1 cm³/mol.